The van der Waals surface area contributed by atoms with Gasteiger partial charge in [0.05, 0.1) is 4.34 Å². The second-order valence-corrected chi connectivity index (χ2v) is 5.15. The molecule has 0 bridgehead atoms. The SMILES string of the molecule is CNCCN(C)C(C)c1ccc(Cl)s1. The smallest absolute Gasteiger partial charge is 0.0931 e. The highest BCUT2D eigenvalue weighted by Gasteiger charge is 2.12. The average molecular weight is 233 g/mol. The lowest BCUT2D eigenvalue weighted by atomic mass is 10.2. The van der Waals surface area contributed by atoms with Crippen LogP contribution in [0.15, 0.2) is 12.1 Å². The Morgan fingerprint density at radius 1 is 1.57 bits per heavy atom. The van der Waals surface area contributed by atoms with E-state index in [1.165, 1.54) is 4.88 Å². The molecule has 4 heteroatoms. The van der Waals surface area contributed by atoms with Crippen molar-refractivity contribution in [3.05, 3.63) is 21.3 Å². The molecule has 0 spiro atoms. The highest BCUT2D eigenvalue weighted by molar-refractivity contribution is 7.16. The van der Waals surface area contributed by atoms with E-state index in [0.29, 0.717) is 6.04 Å². The molecule has 0 radical (unpaired) electrons. The Bertz CT molecular complexity index is 275. The fraction of sp³-hybridized carbons (Fsp3) is 0.600. The first-order valence-corrected chi connectivity index (χ1v) is 5.94. The van der Waals surface area contributed by atoms with Gasteiger partial charge in [0.1, 0.15) is 0 Å². The summed E-state index contributed by atoms with van der Waals surface area (Å²) in [5, 5.41) is 3.15. The van der Waals surface area contributed by atoms with Gasteiger partial charge in [-0.25, -0.2) is 0 Å². The highest BCUT2D eigenvalue weighted by atomic mass is 35.5. The molecule has 1 N–H and O–H groups in total. The number of likely N-dealkylation sites (N-methyl/N-ethyl adjacent to an activating group) is 2. The van der Waals surface area contributed by atoms with E-state index >= 15 is 0 Å². The second kappa shape index (κ2) is 5.71. The van der Waals surface area contributed by atoms with Gasteiger partial charge in [-0.3, -0.25) is 4.90 Å². The van der Waals surface area contributed by atoms with Gasteiger partial charge >= 0.3 is 0 Å². The zero-order valence-corrected chi connectivity index (χ0v) is 10.5. The third kappa shape index (κ3) is 3.24. The van der Waals surface area contributed by atoms with E-state index in [-0.39, 0.29) is 0 Å². The molecule has 80 valence electrons. The molecule has 1 unspecified atom stereocenters. The van der Waals surface area contributed by atoms with Gasteiger partial charge in [0.25, 0.3) is 0 Å². The Kier molecular flexibility index (Phi) is 4.89. The Labute approximate surface area is 94.9 Å². The van der Waals surface area contributed by atoms with Crippen LogP contribution in [0.4, 0.5) is 0 Å². The maximum absolute atomic E-state index is 5.90. The molecule has 1 rings (SSSR count). The third-order valence-corrected chi connectivity index (χ3v) is 3.78. The molecule has 1 aromatic rings. The van der Waals surface area contributed by atoms with Crippen molar-refractivity contribution in [3.8, 4) is 0 Å². The molecule has 0 aromatic carbocycles. The van der Waals surface area contributed by atoms with Crippen LogP contribution in [0.2, 0.25) is 4.34 Å². The molecule has 1 heterocycles. The van der Waals surface area contributed by atoms with E-state index in [9.17, 15) is 0 Å². The number of thiophene rings is 1. The molecule has 1 aromatic heterocycles. The van der Waals surface area contributed by atoms with Crippen LogP contribution in [-0.4, -0.2) is 32.1 Å². The van der Waals surface area contributed by atoms with Crippen LogP contribution in [0.3, 0.4) is 0 Å². The second-order valence-electron chi connectivity index (χ2n) is 3.40. The molecule has 14 heavy (non-hydrogen) atoms. The summed E-state index contributed by atoms with van der Waals surface area (Å²) in [6.07, 6.45) is 0. The number of hydrogen-bond acceptors (Lipinski definition) is 3. The van der Waals surface area contributed by atoms with E-state index in [1.54, 1.807) is 11.3 Å². The van der Waals surface area contributed by atoms with Gasteiger partial charge in [-0.15, -0.1) is 11.3 Å². The fourth-order valence-corrected chi connectivity index (χ4v) is 2.43. The lowest BCUT2D eigenvalue weighted by Gasteiger charge is -2.23. The molecule has 2 nitrogen and oxygen atoms in total. The zero-order valence-electron chi connectivity index (χ0n) is 8.88. The molecule has 0 fully saturated rings. The van der Waals surface area contributed by atoms with Crippen LogP contribution in [-0.2, 0) is 0 Å². The van der Waals surface area contributed by atoms with E-state index in [2.05, 4.69) is 30.3 Å². The molecule has 0 saturated carbocycles. The van der Waals surface area contributed by atoms with Crippen LogP contribution in [0.5, 0.6) is 0 Å². The predicted octanol–water partition coefficient (Wildman–Crippen LogP) is 2.61. The standard InChI is InChI=1S/C10H17ClN2S/c1-8(13(3)7-6-12-2)9-4-5-10(11)14-9/h4-5,8,12H,6-7H2,1-3H3. The van der Waals surface area contributed by atoms with Crippen LogP contribution in [0.1, 0.15) is 17.8 Å². The summed E-state index contributed by atoms with van der Waals surface area (Å²) in [5.41, 5.74) is 0. The minimum Gasteiger partial charge on any atom is -0.318 e. The normalized spacial score (nSPS) is 13.5. The number of nitrogens with zero attached hydrogens (tertiary/aromatic N) is 1. The van der Waals surface area contributed by atoms with Crippen molar-refractivity contribution in [1.82, 2.24) is 10.2 Å². The zero-order chi connectivity index (χ0) is 10.6. The van der Waals surface area contributed by atoms with Crippen molar-refractivity contribution < 1.29 is 0 Å². The first kappa shape index (κ1) is 12.0. The summed E-state index contributed by atoms with van der Waals surface area (Å²) in [6, 6.07) is 4.51. The summed E-state index contributed by atoms with van der Waals surface area (Å²) in [5.74, 6) is 0. The van der Waals surface area contributed by atoms with E-state index in [4.69, 9.17) is 11.6 Å². The molecule has 0 amide bonds. The molecule has 0 aliphatic carbocycles. The summed E-state index contributed by atoms with van der Waals surface area (Å²) >= 11 is 7.56. The number of rotatable bonds is 5. The maximum Gasteiger partial charge on any atom is 0.0931 e. The third-order valence-electron chi connectivity index (χ3n) is 2.38. The topological polar surface area (TPSA) is 15.3 Å². The van der Waals surface area contributed by atoms with Gasteiger partial charge in [0.2, 0.25) is 0 Å². The lowest BCUT2D eigenvalue weighted by Crippen LogP contribution is -2.29. The van der Waals surface area contributed by atoms with Crippen molar-refractivity contribution in [2.24, 2.45) is 0 Å². The first-order chi connectivity index (χ1) is 6.65. The molecular formula is C10H17ClN2S. The fourth-order valence-electron chi connectivity index (χ4n) is 1.25. The molecule has 1 atom stereocenters. The van der Waals surface area contributed by atoms with Gasteiger partial charge < -0.3 is 5.32 Å². The van der Waals surface area contributed by atoms with E-state index in [0.717, 1.165) is 17.4 Å². The van der Waals surface area contributed by atoms with Crippen LogP contribution in [0.25, 0.3) is 0 Å². The molecule has 0 saturated heterocycles. The van der Waals surface area contributed by atoms with Crippen molar-refractivity contribution in [2.75, 3.05) is 27.2 Å². The predicted molar refractivity (Wildman–Crippen MR) is 64.3 cm³/mol. The number of hydrogen-bond donors (Lipinski definition) is 1. The Morgan fingerprint density at radius 2 is 2.29 bits per heavy atom. The van der Waals surface area contributed by atoms with Gasteiger partial charge in [-0.05, 0) is 33.2 Å². The molecule has 0 aliphatic rings. The van der Waals surface area contributed by atoms with Gasteiger partial charge in [-0.1, -0.05) is 11.6 Å². The van der Waals surface area contributed by atoms with Crippen LogP contribution < -0.4 is 5.32 Å². The Hall–Kier alpha value is -0.0900. The van der Waals surface area contributed by atoms with Crippen molar-refractivity contribution >= 4 is 22.9 Å². The first-order valence-electron chi connectivity index (χ1n) is 4.75. The Morgan fingerprint density at radius 3 is 2.79 bits per heavy atom. The molecular weight excluding hydrogens is 216 g/mol. The number of nitrogens with one attached hydrogen (secondary N) is 1. The minimum absolute atomic E-state index is 0.445. The summed E-state index contributed by atoms with van der Waals surface area (Å²) in [7, 11) is 4.11. The maximum atomic E-state index is 5.90. The monoisotopic (exact) mass is 232 g/mol. The van der Waals surface area contributed by atoms with Gasteiger partial charge in [-0.2, -0.15) is 0 Å². The van der Waals surface area contributed by atoms with Crippen molar-refractivity contribution in [1.29, 1.82) is 0 Å². The summed E-state index contributed by atoms with van der Waals surface area (Å²) in [4.78, 5) is 3.65. The van der Waals surface area contributed by atoms with Crippen LogP contribution in [0, 0.1) is 0 Å². The summed E-state index contributed by atoms with van der Waals surface area (Å²) < 4.78 is 0.869. The summed E-state index contributed by atoms with van der Waals surface area (Å²) in [6.45, 7) is 4.27. The molecule has 0 aliphatic heterocycles. The van der Waals surface area contributed by atoms with Crippen molar-refractivity contribution in [2.45, 2.75) is 13.0 Å². The van der Waals surface area contributed by atoms with Crippen molar-refractivity contribution in [3.63, 3.8) is 0 Å². The van der Waals surface area contributed by atoms with Gasteiger partial charge in [0, 0.05) is 24.0 Å². The van der Waals surface area contributed by atoms with E-state index < -0.39 is 0 Å². The highest BCUT2D eigenvalue weighted by Crippen LogP contribution is 2.29. The Balaban J connectivity index is 2.51. The largest absolute Gasteiger partial charge is 0.318 e. The van der Waals surface area contributed by atoms with Crippen LogP contribution >= 0.6 is 22.9 Å². The number of halogens is 1. The average Bonchev–Trinajstić information content (AvgIpc) is 2.60. The van der Waals surface area contributed by atoms with E-state index in [1.807, 2.05) is 13.1 Å². The van der Waals surface area contributed by atoms with Gasteiger partial charge in [0.15, 0.2) is 0 Å². The lowest BCUT2D eigenvalue weighted by molar-refractivity contribution is 0.267. The minimum atomic E-state index is 0.445. The quantitative estimate of drug-likeness (QED) is 0.840.